The van der Waals surface area contributed by atoms with Crippen LogP contribution in [0, 0.1) is 16.7 Å². The van der Waals surface area contributed by atoms with E-state index in [4.69, 9.17) is 37.6 Å². The molecule has 0 spiro atoms. The van der Waals surface area contributed by atoms with Crippen molar-refractivity contribution in [1.29, 1.82) is 0 Å². The third-order valence-electron chi connectivity index (χ3n) is 16.0. The topological polar surface area (TPSA) is 229 Å². The van der Waals surface area contributed by atoms with Gasteiger partial charge in [0, 0.05) is 30.1 Å². The number of carbonyl (C=O) groups excluding carboxylic acids is 6. The molecular formula is C55H71NO16SSi. The summed E-state index contributed by atoms with van der Waals surface area (Å²) in [7, 11) is -2.75. The molecule has 402 valence electrons. The highest BCUT2D eigenvalue weighted by Gasteiger charge is 2.79. The third kappa shape index (κ3) is 10.6. The highest BCUT2D eigenvalue weighted by atomic mass is 32.1. The molecular weight excluding hydrogens is 991 g/mol. The summed E-state index contributed by atoms with van der Waals surface area (Å²) in [5.41, 5.74) is -8.09. The van der Waals surface area contributed by atoms with Gasteiger partial charge in [0.25, 0.3) is 0 Å². The summed E-state index contributed by atoms with van der Waals surface area (Å²) in [5, 5.41) is 31.6. The molecule has 1 amide bonds. The largest absolute Gasteiger partial charge is 0.508 e. The molecule has 2 bridgehead atoms. The van der Waals surface area contributed by atoms with Gasteiger partial charge in [0.2, 0.25) is 0 Å². The first-order valence-electron chi connectivity index (χ1n) is 25.3. The molecule has 0 radical (unpaired) electrons. The highest BCUT2D eigenvalue weighted by Crippen LogP contribution is 2.64. The molecule has 74 heavy (non-hydrogen) atoms. The molecule has 17 nitrogen and oxygen atoms in total. The van der Waals surface area contributed by atoms with E-state index in [1.54, 1.807) is 108 Å². The van der Waals surface area contributed by atoms with E-state index < -0.39 is 127 Å². The Morgan fingerprint density at radius 3 is 2.09 bits per heavy atom. The number of ketones is 1. The number of fused-ring (bicyclic) bond motifs is 5. The minimum atomic E-state index is -2.75. The summed E-state index contributed by atoms with van der Waals surface area (Å²) in [6.07, 6.45) is -12.2. The number of benzene rings is 2. The van der Waals surface area contributed by atoms with Crippen LogP contribution >= 0.6 is 11.3 Å². The lowest BCUT2D eigenvalue weighted by Crippen LogP contribution is -2.82. The maximum atomic E-state index is 15.9. The molecule has 1 unspecified atom stereocenters. The van der Waals surface area contributed by atoms with E-state index in [-0.39, 0.29) is 36.3 Å². The van der Waals surface area contributed by atoms with Crippen LogP contribution in [0.3, 0.4) is 0 Å². The number of esters is 3. The number of ether oxygens (including phenoxy) is 7. The van der Waals surface area contributed by atoms with Crippen LogP contribution in [0.2, 0.25) is 18.1 Å². The molecule has 2 aromatic carbocycles. The summed E-state index contributed by atoms with van der Waals surface area (Å²) in [6.45, 7) is 17.9. The maximum absolute atomic E-state index is 15.9. The van der Waals surface area contributed by atoms with Crippen molar-refractivity contribution in [3.8, 4) is 0 Å². The van der Waals surface area contributed by atoms with Crippen LogP contribution in [0.15, 0.2) is 89.3 Å². The number of Topliss-reactive ketones (excluding diaryl/α,β-unsaturated/α-hetero) is 1. The third-order valence-corrected chi connectivity index (χ3v) is 21.5. The number of aliphatic hydroxyl groups is 2. The fraction of sp³-hybridized carbons (Fsp3) is 0.564. The quantitative estimate of drug-likeness (QED) is 0.0527. The lowest BCUT2D eigenvalue weighted by Gasteiger charge is -2.67. The zero-order chi connectivity index (χ0) is 54.2. The van der Waals surface area contributed by atoms with Crippen LogP contribution < -0.4 is 5.32 Å². The number of carbonyl (C=O) groups is 6. The molecule has 2 saturated carbocycles. The van der Waals surface area contributed by atoms with Crippen molar-refractivity contribution in [3.63, 3.8) is 0 Å². The van der Waals surface area contributed by atoms with Crippen LogP contribution in [0.4, 0.5) is 9.59 Å². The number of aliphatic hydroxyl groups excluding tert-OH is 1. The Kier molecular flexibility index (Phi) is 16.5. The van der Waals surface area contributed by atoms with Crippen LogP contribution in [0.5, 0.6) is 0 Å². The first-order chi connectivity index (χ1) is 34.8. The molecule has 1 aromatic heterocycles. The summed E-state index contributed by atoms with van der Waals surface area (Å²) in [4.78, 5) is 87.3. The van der Waals surface area contributed by atoms with Crippen LogP contribution in [0.25, 0.3) is 0 Å². The second-order valence-corrected chi connectivity index (χ2v) is 27.3. The first kappa shape index (κ1) is 56.3. The molecule has 1 saturated heterocycles. The van der Waals surface area contributed by atoms with Gasteiger partial charge in [0.15, 0.2) is 25.8 Å². The fourth-order valence-corrected chi connectivity index (χ4v) is 15.3. The monoisotopic (exact) mass is 1060 g/mol. The van der Waals surface area contributed by atoms with Crippen molar-refractivity contribution >= 4 is 55.6 Å². The minimum absolute atomic E-state index is 0.0491. The molecule has 4 aliphatic rings. The molecule has 19 heteroatoms. The number of thiophene rings is 1. The van der Waals surface area contributed by atoms with Crippen LogP contribution in [0.1, 0.15) is 116 Å². The summed E-state index contributed by atoms with van der Waals surface area (Å²) < 4.78 is 49.8. The van der Waals surface area contributed by atoms with E-state index in [2.05, 4.69) is 5.32 Å². The Hall–Kier alpha value is -5.44. The van der Waals surface area contributed by atoms with Crippen molar-refractivity contribution in [2.24, 2.45) is 16.7 Å². The van der Waals surface area contributed by atoms with E-state index in [1.165, 1.54) is 37.3 Å². The van der Waals surface area contributed by atoms with Gasteiger partial charge in [-0.3, -0.25) is 9.59 Å². The van der Waals surface area contributed by atoms with Crippen molar-refractivity contribution in [3.05, 3.63) is 105 Å². The molecule has 1 aliphatic heterocycles. The van der Waals surface area contributed by atoms with Gasteiger partial charge in [-0.1, -0.05) is 89.2 Å². The first-order valence-corrected chi connectivity index (χ1v) is 28.7. The number of amides is 1. The van der Waals surface area contributed by atoms with E-state index in [0.717, 1.165) is 0 Å². The second kappa shape index (κ2) is 21.7. The zero-order valence-electron chi connectivity index (χ0n) is 44.1. The van der Waals surface area contributed by atoms with Crippen molar-refractivity contribution in [1.82, 2.24) is 5.32 Å². The van der Waals surface area contributed by atoms with E-state index >= 15 is 9.59 Å². The smallest absolute Gasteiger partial charge is 0.456 e. The van der Waals surface area contributed by atoms with Gasteiger partial charge in [-0.15, -0.1) is 11.3 Å². The predicted molar refractivity (Wildman–Crippen MR) is 273 cm³/mol. The lowest BCUT2D eigenvalue weighted by atomic mass is 9.44. The number of alkyl carbamates (subject to hydrolysis) is 1. The van der Waals surface area contributed by atoms with Crippen molar-refractivity contribution in [2.45, 2.75) is 173 Å². The van der Waals surface area contributed by atoms with E-state index in [0.29, 0.717) is 28.6 Å². The number of hydrogen-bond acceptors (Lipinski definition) is 17. The summed E-state index contributed by atoms with van der Waals surface area (Å²) >= 11 is 1.28. The van der Waals surface area contributed by atoms with Gasteiger partial charge in [0.1, 0.15) is 54.4 Å². The lowest BCUT2D eigenvalue weighted by molar-refractivity contribution is -0.346. The highest BCUT2D eigenvalue weighted by molar-refractivity contribution is 7.10. The Bertz CT molecular complexity index is 2570. The van der Waals surface area contributed by atoms with Gasteiger partial charge in [-0.05, 0) is 93.0 Å². The van der Waals surface area contributed by atoms with Gasteiger partial charge in [0.05, 0.1) is 23.5 Å². The normalized spacial score (nSPS) is 29.1. The maximum Gasteiger partial charge on any atom is 0.508 e. The predicted octanol–water partition coefficient (Wildman–Crippen LogP) is 8.71. The summed E-state index contributed by atoms with van der Waals surface area (Å²) in [6, 6.07) is 21.0. The minimum Gasteiger partial charge on any atom is -0.456 e. The SMILES string of the molecule is CC[Si](CC)(CC)O[C@@H](C(=O)O[C@H]1C[C@@]2(O)[C@@H](OC(=O)c3ccccc3)C3[C@](C)(C(=O)[C@H](O)C(=C1C)C2(C)C)[C@@H](OC(=O)OCc1ccccc1)C[C@H]1OC[C@@]31OC(C)=O)[C@@H](NC(=O)OC(C)(C)C)c1cccs1. The molecule has 11 atom stereocenters. The molecule has 3 aliphatic carbocycles. The standard InChI is InChI=1S/C55H71NO16SSi/c1-12-74(13-2,14-3)72-43(41(37-26-21-27-73-37)56-49(62)71-51(6,7)8)48(61)67-36-29-55(64)46(69-47(60)35-24-19-16-20-25-35)44-53(11,45(59)42(58)40(32(36)4)52(55,9)10)38(28-39-54(44,31-66-39)70-33(5)57)68-50(63)65-30-34-22-17-15-18-23-34/h15-27,36,38-39,41-44,46,58,64H,12-14,28-31H2,1-11H3,(H,56,62)/t36-,38-,39+,41-,42+,43+,44?,46-,53+,54-,55+/m0/s1. The van der Waals surface area contributed by atoms with E-state index in [1.807, 2.05) is 20.8 Å². The Morgan fingerprint density at radius 2 is 1.54 bits per heavy atom. The Morgan fingerprint density at radius 1 is 0.905 bits per heavy atom. The second-order valence-electron chi connectivity index (χ2n) is 21.6. The molecule has 2 heterocycles. The molecule has 7 rings (SSSR count). The van der Waals surface area contributed by atoms with Crippen molar-refractivity contribution in [2.75, 3.05) is 6.61 Å². The zero-order valence-corrected chi connectivity index (χ0v) is 45.9. The number of hydrogen-bond donors (Lipinski definition) is 3. The number of nitrogens with one attached hydrogen (secondary N) is 1. The van der Waals surface area contributed by atoms with Gasteiger partial charge < -0.3 is 53.1 Å². The van der Waals surface area contributed by atoms with Gasteiger partial charge >= 0.3 is 30.2 Å². The fourth-order valence-electron chi connectivity index (χ4n) is 11.7. The van der Waals surface area contributed by atoms with Crippen LogP contribution in [-0.4, -0.2) is 115 Å². The average Bonchev–Trinajstić information content (AvgIpc) is 3.89. The molecule has 3 fully saturated rings. The molecule has 3 aromatic rings. The van der Waals surface area contributed by atoms with Crippen LogP contribution in [-0.2, 0) is 58.6 Å². The number of rotatable bonds is 16. The van der Waals surface area contributed by atoms with Crippen molar-refractivity contribution < 1.29 is 76.6 Å². The Labute approximate surface area is 437 Å². The summed E-state index contributed by atoms with van der Waals surface area (Å²) in [5.74, 6) is -5.20. The van der Waals surface area contributed by atoms with Gasteiger partial charge in [-0.2, -0.15) is 0 Å². The van der Waals surface area contributed by atoms with Gasteiger partial charge in [-0.25, -0.2) is 19.2 Å². The average molecular weight is 1060 g/mol. The van der Waals surface area contributed by atoms with E-state index in [9.17, 15) is 29.4 Å². The Balaban J connectivity index is 1.40. The molecule has 3 N–H and O–H groups in total.